The molecule has 1 fully saturated rings. The van der Waals surface area contributed by atoms with Gasteiger partial charge in [0.05, 0.1) is 5.52 Å². The van der Waals surface area contributed by atoms with E-state index in [1.54, 1.807) is 0 Å². The van der Waals surface area contributed by atoms with Gasteiger partial charge >= 0.3 is 0 Å². The third-order valence-corrected chi connectivity index (χ3v) is 4.22. The number of fused-ring (bicyclic) bond motifs is 1. The average Bonchev–Trinajstić information content (AvgIpc) is 2.99. The first-order valence-electron chi connectivity index (χ1n) is 6.78. The minimum atomic E-state index is 0.534. The Bertz CT molecular complexity index is 616. The van der Waals surface area contributed by atoms with E-state index < -0.39 is 0 Å². The summed E-state index contributed by atoms with van der Waals surface area (Å²) in [5, 5.41) is 8.03. The first-order chi connectivity index (χ1) is 9.11. The molecule has 0 spiro atoms. The smallest absolute Gasteiger partial charge is 0.175 e. The molecule has 0 saturated carbocycles. The molecule has 3 heterocycles. The number of hydrogen-bond acceptors (Lipinski definition) is 4. The molecular weight excluding hydrogens is 238 g/mol. The third kappa shape index (κ3) is 1.85. The summed E-state index contributed by atoms with van der Waals surface area (Å²) in [4.78, 5) is 2.28. The predicted molar refractivity (Wildman–Crippen MR) is 78.8 cm³/mol. The van der Waals surface area contributed by atoms with E-state index in [2.05, 4.69) is 36.2 Å². The maximum Gasteiger partial charge on any atom is 0.175 e. The summed E-state index contributed by atoms with van der Waals surface area (Å²) in [5.41, 5.74) is 10.5. The number of anilines is 2. The van der Waals surface area contributed by atoms with Crippen molar-refractivity contribution in [3.8, 4) is 0 Å². The van der Waals surface area contributed by atoms with Crippen LogP contribution in [-0.4, -0.2) is 35.8 Å². The van der Waals surface area contributed by atoms with Crippen molar-refractivity contribution in [1.82, 2.24) is 14.9 Å². The van der Waals surface area contributed by atoms with Crippen LogP contribution in [0.25, 0.3) is 5.52 Å². The van der Waals surface area contributed by atoms with Crippen molar-refractivity contribution in [3.05, 3.63) is 23.4 Å². The third-order valence-electron chi connectivity index (χ3n) is 4.22. The number of pyridine rings is 1. The van der Waals surface area contributed by atoms with Crippen molar-refractivity contribution in [2.75, 3.05) is 30.8 Å². The SMILES string of the molecule is CNC1CCN(c2nn3c(C)c(C)ccc3c2N)C1. The fraction of sp³-hybridized carbons (Fsp3) is 0.500. The molecule has 1 saturated heterocycles. The Hall–Kier alpha value is -1.75. The zero-order valence-corrected chi connectivity index (χ0v) is 11.8. The highest BCUT2D eigenvalue weighted by atomic mass is 15.3. The lowest BCUT2D eigenvalue weighted by Gasteiger charge is -2.15. The summed E-state index contributed by atoms with van der Waals surface area (Å²) in [6.45, 7) is 6.17. The molecule has 19 heavy (non-hydrogen) atoms. The van der Waals surface area contributed by atoms with Crippen molar-refractivity contribution in [2.45, 2.75) is 26.3 Å². The average molecular weight is 259 g/mol. The number of nitrogens with zero attached hydrogens (tertiary/aromatic N) is 3. The topological polar surface area (TPSA) is 58.6 Å². The zero-order valence-electron chi connectivity index (χ0n) is 11.8. The molecule has 1 aliphatic heterocycles. The van der Waals surface area contributed by atoms with Crippen LogP contribution in [0.1, 0.15) is 17.7 Å². The van der Waals surface area contributed by atoms with E-state index in [9.17, 15) is 0 Å². The van der Waals surface area contributed by atoms with E-state index in [1.807, 2.05) is 11.6 Å². The second-order valence-corrected chi connectivity index (χ2v) is 5.36. The Balaban J connectivity index is 2.06. The van der Waals surface area contributed by atoms with E-state index in [0.717, 1.165) is 42.2 Å². The standard InChI is InChI=1S/C14H21N5/c1-9-4-5-12-13(15)14(17-19(12)10(9)2)18-7-6-11(8-18)16-3/h4-5,11,16H,6-8,15H2,1-3H3. The van der Waals surface area contributed by atoms with E-state index in [4.69, 9.17) is 10.8 Å². The van der Waals surface area contributed by atoms with Crippen molar-refractivity contribution >= 4 is 17.0 Å². The molecule has 0 bridgehead atoms. The summed E-state index contributed by atoms with van der Waals surface area (Å²) in [7, 11) is 2.01. The fourth-order valence-electron chi connectivity index (χ4n) is 2.76. The number of aromatic nitrogens is 2. The molecule has 5 nitrogen and oxygen atoms in total. The van der Waals surface area contributed by atoms with Gasteiger partial charge in [-0.1, -0.05) is 6.07 Å². The summed E-state index contributed by atoms with van der Waals surface area (Å²) < 4.78 is 1.96. The first-order valence-corrected chi connectivity index (χ1v) is 6.78. The van der Waals surface area contributed by atoms with Gasteiger partial charge in [-0.05, 0) is 38.9 Å². The van der Waals surface area contributed by atoms with Crippen LogP contribution < -0.4 is 16.0 Å². The van der Waals surface area contributed by atoms with Crippen molar-refractivity contribution < 1.29 is 0 Å². The molecule has 1 unspecified atom stereocenters. The molecule has 3 rings (SSSR count). The number of rotatable bonds is 2. The normalized spacial score (nSPS) is 19.5. The Morgan fingerprint density at radius 3 is 2.84 bits per heavy atom. The van der Waals surface area contributed by atoms with Gasteiger partial charge in [0.2, 0.25) is 0 Å². The molecule has 3 N–H and O–H groups in total. The minimum absolute atomic E-state index is 0.534. The molecule has 0 amide bonds. The van der Waals surface area contributed by atoms with Crippen LogP contribution in [0.15, 0.2) is 12.1 Å². The van der Waals surface area contributed by atoms with E-state index in [1.165, 1.54) is 5.56 Å². The van der Waals surface area contributed by atoms with Crippen molar-refractivity contribution in [2.24, 2.45) is 0 Å². The number of aryl methyl sites for hydroxylation is 2. The van der Waals surface area contributed by atoms with Gasteiger partial charge in [-0.2, -0.15) is 0 Å². The van der Waals surface area contributed by atoms with Gasteiger partial charge in [0.1, 0.15) is 5.69 Å². The van der Waals surface area contributed by atoms with Gasteiger partial charge in [-0.15, -0.1) is 5.10 Å². The lowest BCUT2D eigenvalue weighted by Crippen LogP contribution is -2.29. The molecule has 0 radical (unpaired) electrons. The van der Waals surface area contributed by atoms with Crippen LogP contribution in [0, 0.1) is 13.8 Å². The lowest BCUT2D eigenvalue weighted by molar-refractivity contribution is 0.616. The maximum atomic E-state index is 6.28. The molecule has 102 valence electrons. The van der Waals surface area contributed by atoms with Crippen LogP contribution in [0.5, 0.6) is 0 Å². The quantitative estimate of drug-likeness (QED) is 0.854. The number of hydrogen-bond donors (Lipinski definition) is 2. The number of nitrogen functional groups attached to an aromatic ring is 1. The maximum absolute atomic E-state index is 6.28. The van der Waals surface area contributed by atoms with E-state index in [0.29, 0.717) is 6.04 Å². The highest BCUT2D eigenvalue weighted by Gasteiger charge is 2.25. The number of nitrogens with one attached hydrogen (secondary N) is 1. The van der Waals surface area contributed by atoms with Crippen LogP contribution in [0.2, 0.25) is 0 Å². The summed E-state index contributed by atoms with van der Waals surface area (Å²) in [6, 6.07) is 4.69. The largest absolute Gasteiger partial charge is 0.394 e. The number of likely N-dealkylation sites (N-methyl/N-ethyl adjacent to an activating group) is 1. The van der Waals surface area contributed by atoms with Crippen LogP contribution in [-0.2, 0) is 0 Å². The summed E-state index contributed by atoms with van der Waals surface area (Å²) >= 11 is 0. The van der Waals surface area contributed by atoms with Crippen LogP contribution in [0.3, 0.4) is 0 Å². The monoisotopic (exact) mass is 259 g/mol. The van der Waals surface area contributed by atoms with Crippen molar-refractivity contribution in [3.63, 3.8) is 0 Å². The Morgan fingerprint density at radius 2 is 2.16 bits per heavy atom. The van der Waals surface area contributed by atoms with Crippen molar-refractivity contribution in [1.29, 1.82) is 0 Å². The second kappa shape index (κ2) is 4.42. The van der Waals surface area contributed by atoms with E-state index >= 15 is 0 Å². The molecule has 1 aliphatic rings. The molecule has 1 atom stereocenters. The molecular formula is C14H21N5. The van der Waals surface area contributed by atoms with Gasteiger partial charge < -0.3 is 16.0 Å². The highest BCUT2D eigenvalue weighted by Crippen LogP contribution is 2.30. The Kier molecular flexibility index (Phi) is 2.86. The summed E-state index contributed by atoms with van der Waals surface area (Å²) in [6.07, 6.45) is 1.14. The van der Waals surface area contributed by atoms with Crippen LogP contribution in [0.4, 0.5) is 11.5 Å². The molecule has 0 aromatic carbocycles. The minimum Gasteiger partial charge on any atom is -0.394 e. The van der Waals surface area contributed by atoms with Crippen LogP contribution >= 0.6 is 0 Å². The Labute approximate surface area is 113 Å². The van der Waals surface area contributed by atoms with E-state index in [-0.39, 0.29) is 0 Å². The number of nitrogens with two attached hydrogens (primary N) is 1. The molecule has 2 aromatic heterocycles. The summed E-state index contributed by atoms with van der Waals surface area (Å²) in [5.74, 6) is 0.923. The van der Waals surface area contributed by atoms with Gasteiger partial charge in [0.25, 0.3) is 0 Å². The fourth-order valence-corrected chi connectivity index (χ4v) is 2.76. The molecule has 2 aromatic rings. The van der Waals surface area contributed by atoms with Gasteiger partial charge in [-0.3, -0.25) is 0 Å². The molecule has 0 aliphatic carbocycles. The predicted octanol–water partition coefficient (Wildman–Crippen LogP) is 1.33. The second-order valence-electron chi connectivity index (χ2n) is 5.36. The van der Waals surface area contributed by atoms with Gasteiger partial charge in [0.15, 0.2) is 5.82 Å². The highest BCUT2D eigenvalue weighted by molar-refractivity contribution is 5.82. The Morgan fingerprint density at radius 1 is 1.37 bits per heavy atom. The lowest BCUT2D eigenvalue weighted by atomic mass is 10.2. The molecule has 5 heteroatoms. The van der Waals surface area contributed by atoms with Gasteiger partial charge in [0, 0.05) is 24.8 Å². The zero-order chi connectivity index (χ0) is 13.6. The van der Waals surface area contributed by atoms with Gasteiger partial charge in [-0.25, -0.2) is 4.52 Å². The first kappa shape index (κ1) is 12.3.